The molecule has 5 aliphatic rings. The maximum atomic E-state index is 2.49. The van der Waals surface area contributed by atoms with Gasteiger partial charge in [-0.1, -0.05) is 214 Å². The summed E-state index contributed by atoms with van der Waals surface area (Å²) >= 11 is 0. The van der Waals surface area contributed by atoms with Crippen LogP contribution >= 0.6 is 0 Å². The van der Waals surface area contributed by atoms with Crippen molar-refractivity contribution in [2.75, 3.05) is 0 Å². The minimum atomic E-state index is 0.0584. The summed E-state index contributed by atoms with van der Waals surface area (Å²) in [6.07, 6.45) is 29.1. The first kappa shape index (κ1) is 46.1. The molecule has 2 atom stereocenters. The Morgan fingerprint density at radius 2 is 1.55 bits per heavy atom. The van der Waals surface area contributed by atoms with Gasteiger partial charge in [0.15, 0.2) is 0 Å². The zero-order valence-electron chi connectivity index (χ0n) is 40.0. The van der Waals surface area contributed by atoms with Crippen molar-refractivity contribution >= 4 is 27.9 Å². The van der Waals surface area contributed by atoms with Crippen molar-refractivity contribution in [3.8, 4) is 0 Å². The van der Waals surface area contributed by atoms with E-state index in [0.717, 1.165) is 25.7 Å². The van der Waals surface area contributed by atoms with E-state index in [1.165, 1.54) is 95.5 Å². The van der Waals surface area contributed by atoms with Crippen LogP contribution < -0.4 is 0 Å². The quantitative estimate of drug-likeness (QED) is 0.155. The van der Waals surface area contributed by atoms with Gasteiger partial charge in [0.1, 0.15) is 0 Å². The van der Waals surface area contributed by atoms with E-state index in [-0.39, 0.29) is 11.3 Å². The smallest absolute Gasteiger partial charge is 0.0124 e. The standard InChI is InChI=1S/C56H54.3C2H6/c1-36-30-38(3)55-52-34-46(35-53(52)56(5,6)54(55)31-36)44-22-15-21-43(32-44)37(2)26-27-41(40-16-8-7-9-17-40)19-14-20-42-18-10-11-24-48(42)45-28-29-50-49-25-13-12-23-47(49)39(4)51(50)33-45;3*1-2/h7-9,12,14-24,26-34,37,39H,10-11,13,25,35H2,1-6H3;3*1-2H3/b20-14-,27-26+,41-19+;;;. The maximum Gasteiger partial charge on any atom is 0.0124 e. The molecule has 0 heteroatoms. The molecule has 5 aliphatic carbocycles. The van der Waals surface area contributed by atoms with Crippen LogP contribution in [0.5, 0.6) is 0 Å². The van der Waals surface area contributed by atoms with Crippen LogP contribution in [0.1, 0.15) is 169 Å². The van der Waals surface area contributed by atoms with Gasteiger partial charge in [0.2, 0.25) is 0 Å². The van der Waals surface area contributed by atoms with Crippen LogP contribution in [0.4, 0.5) is 0 Å². The van der Waals surface area contributed by atoms with Crippen LogP contribution in [-0.4, -0.2) is 0 Å². The molecule has 0 amide bonds. The van der Waals surface area contributed by atoms with Gasteiger partial charge in [0.05, 0.1) is 0 Å². The molecule has 320 valence electrons. The van der Waals surface area contributed by atoms with Crippen LogP contribution in [0, 0.1) is 13.8 Å². The molecule has 9 rings (SSSR count). The maximum absolute atomic E-state index is 2.49. The van der Waals surface area contributed by atoms with Gasteiger partial charge in [-0.15, -0.1) is 0 Å². The van der Waals surface area contributed by atoms with Gasteiger partial charge in [-0.2, -0.15) is 0 Å². The molecule has 62 heavy (non-hydrogen) atoms. The normalized spacial score (nSPS) is 18.6. The lowest BCUT2D eigenvalue weighted by Gasteiger charge is -2.25. The highest BCUT2D eigenvalue weighted by atomic mass is 14.4. The van der Waals surface area contributed by atoms with E-state index >= 15 is 0 Å². The van der Waals surface area contributed by atoms with Crippen molar-refractivity contribution in [1.29, 1.82) is 0 Å². The Bertz CT molecular complexity index is 2540. The Morgan fingerprint density at radius 3 is 2.32 bits per heavy atom. The molecule has 0 heterocycles. The molecule has 0 spiro atoms. The Hall–Kier alpha value is -5.46. The monoisotopic (exact) mass is 817 g/mol. The fourth-order valence-electron chi connectivity index (χ4n) is 10.1. The summed E-state index contributed by atoms with van der Waals surface area (Å²) in [5.41, 5.74) is 25.4. The van der Waals surface area contributed by atoms with Crippen LogP contribution in [0.2, 0.25) is 0 Å². The summed E-state index contributed by atoms with van der Waals surface area (Å²) in [5.74, 6) is 0.734. The summed E-state index contributed by atoms with van der Waals surface area (Å²) in [4.78, 5) is 0. The first-order valence-electron chi connectivity index (χ1n) is 23.9. The van der Waals surface area contributed by atoms with Crippen LogP contribution in [0.15, 0.2) is 162 Å². The third kappa shape index (κ3) is 9.17. The highest BCUT2D eigenvalue weighted by Gasteiger charge is 2.40. The Labute approximate surface area is 376 Å². The highest BCUT2D eigenvalue weighted by molar-refractivity contribution is 5.98. The van der Waals surface area contributed by atoms with E-state index in [2.05, 4.69) is 187 Å². The lowest BCUT2D eigenvalue weighted by molar-refractivity contribution is 0.628. The molecule has 0 saturated heterocycles. The van der Waals surface area contributed by atoms with Gasteiger partial charge in [0, 0.05) is 11.3 Å². The van der Waals surface area contributed by atoms with Crippen molar-refractivity contribution in [3.63, 3.8) is 0 Å². The second-order valence-electron chi connectivity index (χ2n) is 17.2. The Balaban J connectivity index is 0.00000103. The van der Waals surface area contributed by atoms with Gasteiger partial charge in [-0.25, -0.2) is 0 Å². The van der Waals surface area contributed by atoms with Crippen LogP contribution in [-0.2, 0) is 5.41 Å². The first-order valence-corrected chi connectivity index (χ1v) is 23.9. The molecule has 0 radical (unpaired) electrons. The van der Waals surface area contributed by atoms with E-state index in [0.29, 0.717) is 5.92 Å². The SMILES string of the molecule is CC.CC.CC.Cc1cc(C)c2c(c1)C(C)(C)C1=C2C=C(c2cccc(C(C)/C=C/C(=C\C=C/C3=CCCC=C3c3ccc4c(c3)C(C)C3=C4CCC=C3)c3ccccc3)c2)C1. The molecule has 0 saturated carbocycles. The van der Waals surface area contributed by atoms with Crippen molar-refractivity contribution in [2.45, 2.75) is 132 Å². The van der Waals surface area contributed by atoms with E-state index in [1.54, 1.807) is 11.1 Å². The number of rotatable bonds is 8. The highest BCUT2D eigenvalue weighted by Crippen LogP contribution is 2.55. The largest absolute Gasteiger partial charge is 0.0839 e. The second-order valence-corrected chi connectivity index (χ2v) is 17.2. The lowest BCUT2D eigenvalue weighted by Crippen LogP contribution is -2.17. The van der Waals surface area contributed by atoms with E-state index in [9.17, 15) is 0 Å². The van der Waals surface area contributed by atoms with Crippen molar-refractivity contribution < 1.29 is 0 Å². The summed E-state index contributed by atoms with van der Waals surface area (Å²) in [6.45, 7) is 26.0. The number of aryl methyl sites for hydroxylation is 2. The van der Waals surface area contributed by atoms with E-state index in [1.807, 2.05) is 41.5 Å². The second kappa shape index (κ2) is 20.6. The predicted molar refractivity (Wildman–Crippen MR) is 276 cm³/mol. The number of hydrogen-bond donors (Lipinski definition) is 0. The summed E-state index contributed by atoms with van der Waals surface area (Å²) in [7, 11) is 0. The van der Waals surface area contributed by atoms with E-state index < -0.39 is 0 Å². The lowest BCUT2D eigenvalue weighted by atomic mass is 9.78. The van der Waals surface area contributed by atoms with Crippen molar-refractivity contribution in [3.05, 3.63) is 218 Å². The molecular formula is C62H72. The van der Waals surface area contributed by atoms with Gasteiger partial charge < -0.3 is 0 Å². The molecule has 0 bridgehead atoms. The third-order valence-electron chi connectivity index (χ3n) is 13.2. The predicted octanol–water partition coefficient (Wildman–Crippen LogP) is 18.2. The molecule has 0 fully saturated rings. The average Bonchev–Trinajstić information content (AvgIpc) is 3.95. The Morgan fingerprint density at radius 1 is 0.790 bits per heavy atom. The molecule has 0 aromatic heterocycles. The molecule has 4 aromatic rings. The van der Waals surface area contributed by atoms with Crippen molar-refractivity contribution in [1.82, 2.24) is 0 Å². The van der Waals surface area contributed by atoms with E-state index in [4.69, 9.17) is 0 Å². The zero-order valence-corrected chi connectivity index (χ0v) is 40.0. The summed E-state index contributed by atoms with van der Waals surface area (Å²) in [6, 6.07) is 32.1. The van der Waals surface area contributed by atoms with Gasteiger partial charge in [-0.3, -0.25) is 0 Å². The molecule has 2 unspecified atom stereocenters. The minimum absolute atomic E-state index is 0.0584. The third-order valence-corrected chi connectivity index (χ3v) is 13.2. The fraction of sp³-hybridized carbons (Fsp3) is 0.323. The molecule has 0 aliphatic heterocycles. The van der Waals surface area contributed by atoms with Gasteiger partial charge in [-0.05, 0) is 153 Å². The average molecular weight is 817 g/mol. The van der Waals surface area contributed by atoms with Crippen LogP contribution in [0.3, 0.4) is 0 Å². The van der Waals surface area contributed by atoms with Crippen LogP contribution in [0.25, 0.3) is 27.9 Å². The van der Waals surface area contributed by atoms with Crippen molar-refractivity contribution in [2.24, 2.45) is 0 Å². The topological polar surface area (TPSA) is 0 Å². The number of fused-ring (bicyclic) bond motifs is 4. The molecular weight excluding hydrogens is 745 g/mol. The first-order chi connectivity index (χ1) is 30.2. The van der Waals surface area contributed by atoms with Gasteiger partial charge >= 0.3 is 0 Å². The zero-order chi connectivity index (χ0) is 44.6. The fourth-order valence-corrected chi connectivity index (χ4v) is 10.1. The number of allylic oxidation sites excluding steroid dienone is 18. The molecule has 0 nitrogen and oxygen atoms in total. The Kier molecular flexibility index (Phi) is 15.3. The van der Waals surface area contributed by atoms with Gasteiger partial charge in [0.25, 0.3) is 0 Å². The number of hydrogen-bond acceptors (Lipinski definition) is 0. The summed E-state index contributed by atoms with van der Waals surface area (Å²) < 4.78 is 0. The molecule has 4 aromatic carbocycles. The summed E-state index contributed by atoms with van der Waals surface area (Å²) in [5, 5.41) is 0. The molecule has 0 N–H and O–H groups in total. The minimum Gasteiger partial charge on any atom is -0.0839 e. The number of benzene rings is 4.